The number of anilines is 1. The number of carbonyl (C=O) groups is 1. The van der Waals surface area contributed by atoms with Crippen LogP contribution in [0.15, 0.2) is 65.5 Å². The Labute approximate surface area is 173 Å². The molecule has 4 rings (SSSR count). The number of ketones is 1. The first-order valence-electron chi connectivity index (χ1n) is 9.37. The van der Waals surface area contributed by atoms with E-state index in [4.69, 9.17) is 11.6 Å². The molecule has 1 aromatic heterocycles. The van der Waals surface area contributed by atoms with E-state index in [2.05, 4.69) is 5.10 Å². The van der Waals surface area contributed by atoms with Crippen LogP contribution in [0.2, 0.25) is 5.02 Å². The standard InChI is InChI=1S/C23H20ClN3O2/c1-15-14-27(15)22-20(19(28)13-10-16-8-11-18(24)12-9-16)21(25-26(2)23(22)29)17-6-4-3-5-7-17/h3-13,15H,14H2,1-2H3/b13-10+. The molecule has 0 spiro atoms. The summed E-state index contributed by atoms with van der Waals surface area (Å²) in [6.45, 7) is 2.77. The molecule has 1 aliphatic rings. The van der Waals surface area contributed by atoms with Crippen molar-refractivity contribution in [3.63, 3.8) is 0 Å². The van der Waals surface area contributed by atoms with E-state index in [-0.39, 0.29) is 17.4 Å². The number of benzene rings is 2. The number of nitrogens with zero attached hydrogens (tertiary/aromatic N) is 3. The first-order chi connectivity index (χ1) is 14.0. The largest absolute Gasteiger partial charge is 0.360 e. The third kappa shape index (κ3) is 3.87. The maximum absolute atomic E-state index is 13.3. The van der Waals surface area contributed by atoms with Crippen molar-refractivity contribution in [1.29, 1.82) is 0 Å². The van der Waals surface area contributed by atoms with Crippen molar-refractivity contribution in [2.24, 2.45) is 7.05 Å². The molecule has 29 heavy (non-hydrogen) atoms. The van der Waals surface area contributed by atoms with Crippen LogP contribution in [-0.4, -0.2) is 28.2 Å². The first kappa shape index (κ1) is 19.2. The van der Waals surface area contributed by atoms with E-state index < -0.39 is 0 Å². The zero-order valence-corrected chi connectivity index (χ0v) is 16.9. The minimum atomic E-state index is -0.266. The fraction of sp³-hybridized carbons (Fsp3) is 0.174. The van der Waals surface area contributed by atoms with Gasteiger partial charge in [-0.3, -0.25) is 9.59 Å². The second kappa shape index (κ2) is 7.68. The molecule has 0 bridgehead atoms. The van der Waals surface area contributed by atoms with Gasteiger partial charge in [0, 0.05) is 30.2 Å². The number of carbonyl (C=O) groups excluding carboxylic acids is 1. The Bertz CT molecular complexity index is 1150. The van der Waals surface area contributed by atoms with E-state index in [1.165, 1.54) is 10.8 Å². The molecule has 1 saturated heterocycles. The highest BCUT2D eigenvalue weighted by molar-refractivity contribution is 6.30. The average Bonchev–Trinajstić information content (AvgIpc) is 3.45. The molecule has 0 radical (unpaired) electrons. The lowest BCUT2D eigenvalue weighted by atomic mass is 10.0. The molecular weight excluding hydrogens is 386 g/mol. The van der Waals surface area contributed by atoms with E-state index in [0.717, 1.165) is 17.7 Å². The minimum Gasteiger partial charge on any atom is -0.360 e. The van der Waals surface area contributed by atoms with Gasteiger partial charge in [0.05, 0.1) is 5.56 Å². The normalized spacial score (nSPS) is 15.7. The molecule has 0 amide bonds. The Kier molecular flexibility index (Phi) is 5.07. The average molecular weight is 406 g/mol. The number of aryl methyl sites for hydroxylation is 1. The molecule has 3 aromatic rings. The van der Waals surface area contributed by atoms with E-state index in [0.29, 0.717) is 22.0 Å². The SMILES string of the molecule is CC1CN1c1c(C(=O)/C=C/c2ccc(Cl)cc2)c(-c2ccccc2)nn(C)c1=O. The quantitative estimate of drug-likeness (QED) is 0.362. The summed E-state index contributed by atoms with van der Waals surface area (Å²) < 4.78 is 1.31. The molecule has 0 saturated carbocycles. The van der Waals surface area contributed by atoms with Gasteiger partial charge in [-0.2, -0.15) is 5.10 Å². The molecule has 2 aromatic carbocycles. The van der Waals surface area contributed by atoms with Crippen LogP contribution < -0.4 is 10.5 Å². The van der Waals surface area contributed by atoms with Gasteiger partial charge in [0.2, 0.25) is 0 Å². The predicted molar refractivity (Wildman–Crippen MR) is 117 cm³/mol. The molecule has 1 unspecified atom stereocenters. The van der Waals surface area contributed by atoms with Crippen molar-refractivity contribution in [1.82, 2.24) is 9.78 Å². The van der Waals surface area contributed by atoms with E-state index in [1.54, 1.807) is 25.3 Å². The first-order valence-corrected chi connectivity index (χ1v) is 9.75. The maximum atomic E-state index is 13.3. The van der Waals surface area contributed by atoms with Crippen molar-refractivity contribution in [3.8, 4) is 11.3 Å². The predicted octanol–water partition coefficient (Wildman–Crippen LogP) is 4.21. The summed E-state index contributed by atoms with van der Waals surface area (Å²) in [5.74, 6) is -0.252. The zero-order valence-electron chi connectivity index (χ0n) is 16.2. The summed E-state index contributed by atoms with van der Waals surface area (Å²) in [6.07, 6.45) is 3.21. The van der Waals surface area contributed by atoms with E-state index in [1.807, 2.05) is 54.3 Å². The van der Waals surface area contributed by atoms with E-state index in [9.17, 15) is 9.59 Å². The van der Waals surface area contributed by atoms with Gasteiger partial charge in [0.25, 0.3) is 5.56 Å². The molecule has 0 N–H and O–H groups in total. The van der Waals surface area contributed by atoms with Gasteiger partial charge in [-0.05, 0) is 30.7 Å². The topological polar surface area (TPSA) is 55.0 Å². The van der Waals surface area contributed by atoms with Crippen molar-refractivity contribution in [3.05, 3.63) is 87.2 Å². The molecule has 1 aliphatic heterocycles. The van der Waals surface area contributed by atoms with Crippen LogP contribution in [0.4, 0.5) is 5.69 Å². The summed E-state index contributed by atoms with van der Waals surface area (Å²) in [7, 11) is 1.62. The van der Waals surface area contributed by atoms with Gasteiger partial charge in [-0.15, -0.1) is 0 Å². The fourth-order valence-corrected chi connectivity index (χ4v) is 3.42. The van der Waals surface area contributed by atoms with Crippen LogP contribution in [-0.2, 0) is 7.05 Å². The van der Waals surface area contributed by atoms with Crippen LogP contribution >= 0.6 is 11.6 Å². The zero-order chi connectivity index (χ0) is 20.5. The van der Waals surface area contributed by atoms with Gasteiger partial charge in [-0.25, -0.2) is 4.68 Å². The summed E-state index contributed by atoms with van der Waals surface area (Å²) >= 11 is 5.93. The van der Waals surface area contributed by atoms with Gasteiger partial charge in [0.1, 0.15) is 11.4 Å². The molecule has 146 valence electrons. The maximum Gasteiger partial charge on any atom is 0.290 e. The Morgan fingerprint density at radius 2 is 1.79 bits per heavy atom. The van der Waals surface area contributed by atoms with Crippen LogP contribution in [0.25, 0.3) is 17.3 Å². The highest BCUT2D eigenvalue weighted by atomic mass is 35.5. The Morgan fingerprint density at radius 3 is 2.41 bits per heavy atom. The van der Waals surface area contributed by atoms with Gasteiger partial charge < -0.3 is 4.90 Å². The summed E-state index contributed by atoms with van der Waals surface area (Å²) in [4.78, 5) is 28.1. The lowest BCUT2D eigenvalue weighted by molar-refractivity contribution is 0.104. The Morgan fingerprint density at radius 1 is 1.14 bits per heavy atom. The van der Waals surface area contributed by atoms with Crippen molar-refractivity contribution in [2.75, 3.05) is 11.4 Å². The lowest BCUT2D eigenvalue weighted by Crippen LogP contribution is -2.27. The van der Waals surface area contributed by atoms with Gasteiger partial charge >= 0.3 is 0 Å². The summed E-state index contributed by atoms with van der Waals surface area (Å²) in [6, 6.07) is 16.9. The molecule has 1 fully saturated rings. The Balaban J connectivity index is 1.85. The van der Waals surface area contributed by atoms with Crippen LogP contribution in [0.5, 0.6) is 0 Å². The van der Waals surface area contributed by atoms with Crippen molar-refractivity contribution >= 4 is 29.1 Å². The van der Waals surface area contributed by atoms with Crippen molar-refractivity contribution in [2.45, 2.75) is 13.0 Å². The smallest absolute Gasteiger partial charge is 0.290 e. The number of halogens is 1. The van der Waals surface area contributed by atoms with Crippen LogP contribution in [0, 0.1) is 0 Å². The lowest BCUT2D eigenvalue weighted by Gasteiger charge is -2.15. The molecule has 6 heteroatoms. The van der Waals surface area contributed by atoms with E-state index >= 15 is 0 Å². The highest BCUT2D eigenvalue weighted by Gasteiger charge is 2.36. The monoisotopic (exact) mass is 405 g/mol. The van der Waals surface area contributed by atoms with Crippen LogP contribution in [0.3, 0.4) is 0 Å². The molecule has 5 nitrogen and oxygen atoms in total. The van der Waals surface area contributed by atoms with Gasteiger partial charge in [0.15, 0.2) is 5.78 Å². The fourth-order valence-electron chi connectivity index (χ4n) is 3.29. The van der Waals surface area contributed by atoms with Crippen molar-refractivity contribution < 1.29 is 4.79 Å². The van der Waals surface area contributed by atoms with Crippen LogP contribution in [0.1, 0.15) is 22.8 Å². The number of hydrogen-bond acceptors (Lipinski definition) is 4. The highest BCUT2D eigenvalue weighted by Crippen LogP contribution is 2.33. The van der Waals surface area contributed by atoms with Gasteiger partial charge in [-0.1, -0.05) is 60.1 Å². The number of allylic oxidation sites excluding steroid dienone is 1. The third-order valence-corrected chi connectivity index (χ3v) is 5.21. The summed E-state index contributed by atoms with van der Waals surface area (Å²) in [5, 5.41) is 5.06. The summed E-state index contributed by atoms with van der Waals surface area (Å²) in [5.41, 5.74) is 2.64. The number of aromatic nitrogens is 2. The second-order valence-corrected chi connectivity index (χ2v) is 7.55. The minimum absolute atomic E-state index is 0.223. The molecule has 2 heterocycles. The molecular formula is C23H20ClN3O2. The Hall–Kier alpha value is -3.18. The molecule has 1 atom stereocenters. The second-order valence-electron chi connectivity index (χ2n) is 7.12. The molecule has 0 aliphatic carbocycles. The number of hydrogen-bond donors (Lipinski definition) is 0. The third-order valence-electron chi connectivity index (χ3n) is 4.96. The number of rotatable bonds is 5.